The van der Waals surface area contributed by atoms with Crippen molar-refractivity contribution in [2.75, 3.05) is 19.6 Å². The zero-order valence-electron chi connectivity index (χ0n) is 12.0. The molecule has 19 heavy (non-hydrogen) atoms. The van der Waals surface area contributed by atoms with Crippen LogP contribution in [-0.4, -0.2) is 45.4 Å². The van der Waals surface area contributed by atoms with Crippen LogP contribution in [0.15, 0.2) is 6.20 Å². The van der Waals surface area contributed by atoms with Gasteiger partial charge < -0.3 is 10.6 Å². The molecule has 1 heterocycles. The monoisotopic (exact) mass is 267 g/mol. The topological polar surface area (TPSA) is 77.0 Å². The summed E-state index contributed by atoms with van der Waals surface area (Å²) >= 11 is 0. The highest BCUT2D eigenvalue weighted by Crippen LogP contribution is 2.00. The molecule has 2 N–H and O–H groups in total. The highest BCUT2D eigenvalue weighted by atomic mass is 16.2. The fraction of sp³-hybridized carbons (Fsp3) is 0.769. The van der Waals surface area contributed by atoms with Gasteiger partial charge in [-0.25, -0.2) is 4.68 Å². The number of nitrogens with zero attached hydrogens (tertiary/aromatic N) is 4. The van der Waals surface area contributed by atoms with Crippen LogP contribution in [0.3, 0.4) is 0 Å². The van der Waals surface area contributed by atoms with Crippen molar-refractivity contribution in [3.63, 3.8) is 0 Å². The van der Waals surface area contributed by atoms with Gasteiger partial charge in [0.25, 0.3) is 0 Å². The molecule has 1 aromatic heterocycles. The Morgan fingerprint density at radius 2 is 2.05 bits per heavy atom. The van der Waals surface area contributed by atoms with Gasteiger partial charge >= 0.3 is 0 Å². The summed E-state index contributed by atoms with van der Waals surface area (Å²) in [5.41, 5.74) is 6.35. The molecule has 1 aromatic rings. The molecule has 0 fully saturated rings. The molecule has 0 bridgehead atoms. The molecule has 0 radical (unpaired) electrons. The maximum absolute atomic E-state index is 12.1. The maximum atomic E-state index is 12.1. The van der Waals surface area contributed by atoms with E-state index in [1.165, 1.54) is 0 Å². The van der Waals surface area contributed by atoms with Gasteiger partial charge in [-0.05, 0) is 32.2 Å². The van der Waals surface area contributed by atoms with Crippen molar-refractivity contribution in [1.29, 1.82) is 0 Å². The lowest BCUT2D eigenvalue weighted by atomic mass is 10.2. The van der Waals surface area contributed by atoms with E-state index in [1.807, 2.05) is 11.1 Å². The third-order valence-corrected chi connectivity index (χ3v) is 2.86. The number of rotatable bonds is 9. The first-order valence-electron chi connectivity index (χ1n) is 7.08. The Kier molecular flexibility index (Phi) is 7.10. The van der Waals surface area contributed by atoms with Gasteiger partial charge in [-0.15, -0.1) is 5.10 Å². The van der Waals surface area contributed by atoms with Crippen LogP contribution in [0, 0.1) is 0 Å². The molecule has 0 saturated heterocycles. The molecule has 0 saturated carbocycles. The summed E-state index contributed by atoms with van der Waals surface area (Å²) in [6, 6.07) is 0. The molecule has 1 amide bonds. The molecule has 0 aliphatic carbocycles. The largest absolute Gasteiger partial charge is 0.341 e. The Balaban J connectivity index is 2.52. The lowest BCUT2D eigenvalue weighted by molar-refractivity contribution is -0.132. The summed E-state index contributed by atoms with van der Waals surface area (Å²) in [5, 5.41) is 8.03. The molecule has 0 spiro atoms. The molecule has 0 atom stereocenters. The number of nitrogens with two attached hydrogens (primary N) is 1. The van der Waals surface area contributed by atoms with E-state index in [-0.39, 0.29) is 12.5 Å². The minimum absolute atomic E-state index is 0.110. The van der Waals surface area contributed by atoms with E-state index in [0.717, 1.165) is 44.5 Å². The number of carbonyl (C=O) groups excluding carboxylic acids is 1. The van der Waals surface area contributed by atoms with Crippen molar-refractivity contribution in [3.8, 4) is 0 Å². The van der Waals surface area contributed by atoms with Crippen molar-refractivity contribution in [3.05, 3.63) is 11.9 Å². The standard InChI is InChI=1S/C13H25N5O/c1-3-8-17(9-4-2)13(19)11-18-10-12(15-16-18)6-5-7-14/h10H,3-9,11,14H2,1-2H3. The van der Waals surface area contributed by atoms with Crippen LogP contribution in [0.1, 0.15) is 38.8 Å². The van der Waals surface area contributed by atoms with Gasteiger partial charge in [-0.2, -0.15) is 0 Å². The van der Waals surface area contributed by atoms with Crippen LogP contribution >= 0.6 is 0 Å². The minimum atomic E-state index is 0.110. The number of aryl methyl sites for hydroxylation is 1. The quantitative estimate of drug-likeness (QED) is 0.718. The first-order chi connectivity index (χ1) is 9.21. The van der Waals surface area contributed by atoms with Gasteiger partial charge in [0, 0.05) is 19.3 Å². The van der Waals surface area contributed by atoms with Crippen LogP contribution in [0.4, 0.5) is 0 Å². The zero-order chi connectivity index (χ0) is 14.1. The number of hydrogen-bond acceptors (Lipinski definition) is 4. The molecule has 0 aliphatic heterocycles. The predicted octanol–water partition coefficient (Wildman–Crippen LogP) is 0.818. The van der Waals surface area contributed by atoms with Crippen LogP contribution in [0.5, 0.6) is 0 Å². The number of hydrogen-bond donors (Lipinski definition) is 1. The van der Waals surface area contributed by atoms with Gasteiger partial charge in [0.15, 0.2) is 0 Å². The summed E-state index contributed by atoms with van der Waals surface area (Å²) in [4.78, 5) is 14.0. The van der Waals surface area contributed by atoms with Gasteiger partial charge in [-0.1, -0.05) is 19.1 Å². The first-order valence-corrected chi connectivity index (χ1v) is 7.08. The smallest absolute Gasteiger partial charge is 0.244 e. The third kappa shape index (κ3) is 5.38. The lowest BCUT2D eigenvalue weighted by Crippen LogP contribution is -2.35. The Morgan fingerprint density at radius 3 is 2.63 bits per heavy atom. The van der Waals surface area contributed by atoms with Gasteiger partial charge in [-0.3, -0.25) is 4.79 Å². The van der Waals surface area contributed by atoms with Crippen molar-refractivity contribution in [2.45, 2.75) is 46.1 Å². The molecule has 1 rings (SSSR count). The summed E-state index contributed by atoms with van der Waals surface area (Å²) in [6.45, 7) is 6.69. The number of aromatic nitrogens is 3. The van der Waals surface area contributed by atoms with Crippen LogP contribution in [-0.2, 0) is 17.8 Å². The molecule has 108 valence electrons. The third-order valence-electron chi connectivity index (χ3n) is 2.86. The van der Waals surface area contributed by atoms with E-state index in [0.29, 0.717) is 6.54 Å². The maximum Gasteiger partial charge on any atom is 0.244 e. The van der Waals surface area contributed by atoms with Crippen LogP contribution in [0.25, 0.3) is 0 Å². The average Bonchev–Trinajstić information content (AvgIpc) is 2.83. The Labute approximate surface area is 115 Å². The predicted molar refractivity (Wildman–Crippen MR) is 74.6 cm³/mol. The fourth-order valence-corrected chi connectivity index (χ4v) is 1.95. The van der Waals surface area contributed by atoms with Crippen molar-refractivity contribution < 1.29 is 4.79 Å². The van der Waals surface area contributed by atoms with Crippen LogP contribution < -0.4 is 5.73 Å². The van der Waals surface area contributed by atoms with E-state index in [2.05, 4.69) is 24.2 Å². The second kappa shape index (κ2) is 8.63. The van der Waals surface area contributed by atoms with E-state index in [9.17, 15) is 4.79 Å². The van der Waals surface area contributed by atoms with E-state index in [1.54, 1.807) is 4.68 Å². The van der Waals surface area contributed by atoms with Crippen molar-refractivity contribution >= 4 is 5.91 Å². The van der Waals surface area contributed by atoms with Crippen molar-refractivity contribution in [2.24, 2.45) is 5.73 Å². The second-order valence-electron chi connectivity index (χ2n) is 4.68. The molecule has 6 nitrogen and oxygen atoms in total. The van der Waals surface area contributed by atoms with Gasteiger partial charge in [0.05, 0.1) is 5.69 Å². The summed E-state index contributed by atoms with van der Waals surface area (Å²) < 4.78 is 1.62. The SMILES string of the molecule is CCCN(CCC)C(=O)Cn1cc(CCCN)nn1. The Hall–Kier alpha value is -1.43. The van der Waals surface area contributed by atoms with E-state index in [4.69, 9.17) is 5.73 Å². The van der Waals surface area contributed by atoms with Crippen molar-refractivity contribution in [1.82, 2.24) is 19.9 Å². The normalized spacial score (nSPS) is 10.7. The second-order valence-corrected chi connectivity index (χ2v) is 4.68. The van der Waals surface area contributed by atoms with Gasteiger partial charge in [0.2, 0.25) is 5.91 Å². The van der Waals surface area contributed by atoms with Gasteiger partial charge in [0.1, 0.15) is 6.54 Å². The molecule has 0 aromatic carbocycles. The summed E-state index contributed by atoms with van der Waals surface area (Å²) in [5.74, 6) is 0.110. The Bertz CT molecular complexity index is 371. The molecular weight excluding hydrogens is 242 g/mol. The molecular formula is C13H25N5O. The van der Waals surface area contributed by atoms with E-state index < -0.39 is 0 Å². The number of amides is 1. The molecule has 0 unspecified atom stereocenters. The highest BCUT2D eigenvalue weighted by molar-refractivity contribution is 5.75. The van der Waals surface area contributed by atoms with Crippen LogP contribution in [0.2, 0.25) is 0 Å². The zero-order valence-corrected chi connectivity index (χ0v) is 12.0. The number of carbonyl (C=O) groups is 1. The highest BCUT2D eigenvalue weighted by Gasteiger charge is 2.13. The minimum Gasteiger partial charge on any atom is -0.341 e. The average molecular weight is 267 g/mol. The molecule has 6 heteroatoms. The summed E-state index contributed by atoms with van der Waals surface area (Å²) in [7, 11) is 0. The molecule has 0 aliphatic rings. The Morgan fingerprint density at radius 1 is 1.37 bits per heavy atom. The van der Waals surface area contributed by atoms with E-state index >= 15 is 0 Å². The lowest BCUT2D eigenvalue weighted by Gasteiger charge is -2.21. The fourth-order valence-electron chi connectivity index (χ4n) is 1.95. The first kappa shape index (κ1) is 15.6. The summed E-state index contributed by atoms with van der Waals surface area (Å²) in [6.07, 6.45) is 5.50.